The van der Waals surface area contributed by atoms with Crippen LogP contribution in [0.25, 0.3) is 0 Å². The first-order valence-corrected chi connectivity index (χ1v) is 8.04. The highest BCUT2D eigenvalue weighted by atomic mass is 16.2. The quantitative estimate of drug-likeness (QED) is 0.944. The molecule has 1 fully saturated rings. The Balaban J connectivity index is 1.73. The molecule has 0 radical (unpaired) electrons. The van der Waals surface area contributed by atoms with Crippen LogP contribution in [0.2, 0.25) is 0 Å². The molecule has 1 aliphatic rings. The van der Waals surface area contributed by atoms with Crippen molar-refractivity contribution < 1.29 is 9.59 Å². The maximum atomic E-state index is 12.5. The Kier molecular flexibility index (Phi) is 4.34. The van der Waals surface area contributed by atoms with Crippen molar-refractivity contribution in [2.75, 3.05) is 16.8 Å². The molecule has 0 aliphatic carbocycles. The summed E-state index contributed by atoms with van der Waals surface area (Å²) >= 11 is 0. The summed E-state index contributed by atoms with van der Waals surface area (Å²) in [5, 5.41) is 2.81. The van der Waals surface area contributed by atoms with E-state index < -0.39 is 0 Å². The standard InChI is InChI=1S/C19H21N3O2/c1-12-4-5-20-17(9-12)21-19(24)15-10-18(23)22(11-15)16-7-13(2)6-14(3)8-16/h4-9,15H,10-11H2,1-3H3,(H,20,21,24). The number of nitrogens with zero attached hydrogens (tertiary/aromatic N) is 2. The number of benzene rings is 1. The number of aromatic nitrogens is 1. The SMILES string of the molecule is Cc1cc(C)cc(N2CC(C(=O)Nc3cc(C)ccn3)CC2=O)c1. The summed E-state index contributed by atoms with van der Waals surface area (Å²) in [6, 6.07) is 9.71. The summed E-state index contributed by atoms with van der Waals surface area (Å²) < 4.78 is 0. The average Bonchev–Trinajstić information content (AvgIpc) is 2.88. The molecule has 1 unspecified atom stereocenters. The van der Waals surface area contributed by atoms with Gasteiger partial charge in [-0.05, 0) is 61.7 Å². The van der Waals surface area contributed by atoms with E-state index in [0.717, 1.165) is 22.4 Å². The average molecular weight is 323 g/mol. The van der Waals surface area contributed by atoms with Crippen LogP contribution >= 0.6 is 0 Å². The summed E-state index contributed by atoms with van der Waals surface area (Å²) in [5.41, 5.74) is 4.10. The maximum absolute atomic E-state index is 12.5. The van der Waals surface area contributed by atoms with Crippen molar-refractivity contribution in [1.29, 1.82) is 0 Å². The zero-order valence-corrected chi connectivity index (χ0v) is 14.2. The topological polar surface area (TPSA) is 62.3 Å². The van der Waals surface area contributed by atoms with E-state index in [9.17, 15) is 9.59 Å². The number of nitrogens with one attached hydrogen (secondary N) is 1. The van der Waals surface area contributed by atoms with E-state index in [4.69, 9.17) is 0 Å². The van der Waals surface area contributed by atoms with E-state index >= 15 is 0 Å². The van der Waals surface area contributed by atoms with Crippen molar-refractivity contribution in [2.45, 2.75) is 27.2 Å². The fourth-order valence-corrected chi connectivity index (χ4v) is 3.07. The molecule has 124 valence electrons. The number of amides is 2. The Morgan fingerprint density at radius 2 is 1.83 bits per heavy atom. The van der Waals surface area contributed by atoms with Crippen LogP contribution in [0.1, 0.15) is 23.1 Å². The molecule has 1 saturated heterocycles. The van der Waals surface area contributed by atoms with Crippen LogP contribution in [-0.2, 0) is 9.59 Å². The number of aryl methyl sites for hydroxylation is 3. The molecule has 1 aromatic heterocycles. The lowest BCUT2D eigenvalue weighted by Crippen LogP contribution is -2.28. The van der Waals surface area contributed by atoms with Gasteiger partial charge in [-0.15, -0.1) is 0 Å². The van der Waals surface area contributed by atoms with Crippen LogP contribution in [0.15, 0.2) is 36.5 Å². The molecule has 24 heavy (non-hydrogen) atoms. The van der Waals surface area contributed by atoms with Gasteiger partial charge in [0.2, 0.25) is 11.8 Å². The largest absolute Gasteiger partial charge is 0.312 e. The Morgan fingerprint density at radius 3 is 2.50 bits per heavy atom. The summed E-state index contributed by atoms with van der Waals surface area (Å²) in [7, 11) is 0. The van der Waals surface area contributed by atoms with E-state index in [1.165, 1.54) is 0 Å². The van der Waals surface area contributed by atoms with E-state index in [1.807, 2.05) is 45.0 Å². The molecule has 5 heteroatoms. The molecule has 0 bridgehead atoms. The molecule has 1 aromatic carbocycles. The fourth-order valence-electron chi connectivity index (χ4n) is 3.07. The summed E-state index contributed by atoms with van der Waals surface area (Å²) in [4.78, 5) is 30.6. The molecule has 1 N–H and O–H groups in total. The molecule has 2 heterocycles. The second-order valence-corrected chi connectivity index (χ2v) is 6.46. The van der Waals surface area contributed by atoms with Gasteiger partial charge in [-0.3, -0.25) is 9.59 Å². The van der Waals surface area contributed by atoms with E-state index in [0.29, 0.717) is 12.4 Å². The number of pyridine rings is 1. The Labute approximate surface area is 141 Å². The van der Waals surface area contributed by atoms with Crippen LogP contribution in [0.3, 0.4) is 0 Å². The first-order valence-electron chi connectivity index (χ1n) is 8.04. The minimum atomic E-state index is -0.361. The van der Waals surface area contributed by atoms with Gasteiger partial charge < -0.3 is 10.2 Å². The highest BCUT2D eigenvalue weighted by molar-refractivity contribution is 6.03. The zero-order valence-electron chi connectivity index (χ0n) is 14.2. The zero-order chi connectivity index (χ0) is 17.3. The predicted molar refractivity (Wildman–Crippen MR) is 94.0 cm³/mol. The molecule has 0 spiro atoms. The maximum Gasteiger partial charge on any atom is 0.230 e. The van der Waals surface area contributed by atoms with Gasteiger partial charge in [0.15, 0.2) is 0 Å². The first kappa shape index (κ1) is 16.2. The van der Waals surface area contributed by atoms with Crippen molar-refractivity contribution in [3.05, 3.63) is 53.2 Å². The van der Waals surface area contributed by atoms with Crippen molar-refractivity contribution in [2.24, 2.45) is 5.92 Å². The van der Waals surface area contributed by atoms with Gasteiger partial charge in [-0.2, -0.15) is 0 Å². The lowest BCUT2D eigenvalue weighted by molar-refractivity contribution is -0.122. The number of carbonyl (C=O) groups excluding carboxylic acids is 2. The molecule has 2 aromatic rings. The van der Waals surface area contributed by atoms with Gasteiger partial charge in [0.25, 0.3) is 0 Å². The fraction of sp³-hybridized carbons (Fsp3) is 0.316. The number of hydrogen-bond donors (Lipinski definition) is 1. The molecule has 1 atom stereocenters. The second-order valence-electron chi connectivity index (χ2n) is 6.46. The second kappa shape index (κ2) is 6.43. The van der Waals surface area contributed by atoms with Crippen LogP contribution in [0, 0.1) is 26.7 Å². The minimum Gasteiger partial charge on any atom is -0.312 e. The summed E-state index contributed by atoms with van der Waals surface area (Å²) in [5.74, 6) is -0.0105. The molecule has 1 aliphatic heterocycles. The third-order valence-corrected chi connectivity index (χ3v) is 4.18. The Bertz CT molecular complexity index is 781. The van der Waals surface area contributed by atoms with Gasteiger partial charge in [0.05, 0.1) is 5.92 Å². The van der Waals surface area contributed by atoms with E-state index in [1.54, 1.807) is 11.1 Å². The third kappa shape index (κ3) is 3.45. The Morgan fingerprint density at radius 1 is 1.12 bits per heavy atom. The lowest BCUT2D eigenvalue weighted by Gasteiger charge is -2.18. The summed E-state index contributed by atoms with van der Waals surface area (Å²) in [6.07, 6.45) is 1.89. The first-order chi connectivity index (χ1) is 11.4. The highest BCUT2D eigenvalue weighted by Gasteiger charge is 2.35. The lowest BCUT2D eigenvalue weighted by atomic mass is 10.1. The molecule has 2 amide bonds. The van der Waals surface area contributed by atoms with E-state index in [2.05, 4.69) is 16.4 Å². The van der Waals surface area contributed by atoms with Crippen molar-refractivity contribution in [1.82, 2.24) is 4.98 Å². The van der Waals surface area contributed by atoms with Crippen LogP contribution < -0.4 is 10.2 Å². The summed E-state index contributed by atoms with van der Waals surface area (Å²) in [6.45, 7) is 6.35. The third-order valence-electron chi connectivity index (χ3n) is 4.18. The number of carbonyl (C=O) groups is 2. The predicted octanol–water partition coefficient (Wildman–Crippen LogP) is 3.00. The van der Waals surface area contributed by atoms with Gasteiger partial charge in [0, 0.05) is 24.8 Å². The minimum absolute atomic E-state index is 0.0163. The number of rotatable bonds is 3. The molecule has 0 saturated carbocycles. The normalized spacial score (nSPS) is 17.2. The number of anilines is 2. The van der Waals surface area contributed by atoms with Crippen LogP contribution in [0.4, 0.5) is 11.5 Å². The molecular weight excluding hydrogens is 302 g/mol. The van der Waals surface area contributed by atoms with Gasteiger partial charge in [-0.1, -0.05) is 6.07 Å². The number of hydrogen-bond acceptors (Lipinski definition) is 3. The molecule has 5 nitrogen and oxygen atoms in total. The monoisotopic (exact) mass is 323 g/mol. The van der Waals surface area contributed by atoms with Crippen molar-refractivity contribution in [3.63, 3.8) is 0 Å². The smallest absolute Gasteiger partial charge is 0.230 e. The highest BCUT2D eigenvalue weighted by Crippen LogP contribution is 2.27. The van der Waals surface area contributed by atoms with Gasteiger partial charge in [-0.25, -0.2) is 4.98 Å². The van der Waals surface area contributed by atoms with Crippen LogP contribution in [-0.4, -0.2) is 23.3 Å². The molecular formula is C19H21N3O2. The van der Waals surface area contributed by atoms with Crippen molar-refractivity contribution in [3.8, 4) is 0 Å². The van der Waals surface area contributed by atoms with Crippen LogP contribution in [0.5, 0.6) is 0 Å². The van der Waals surface area contributed by atoms with Gasteiger partial charge in [0.1, 0.15) is 5.82 Å². The molecule has 3 rings (SSSR count). The Hall–Kier alpha value is -2.69. The van der Waals surface area contributed by atoms with Gasteiger partial charge >= 0.3 is 0 Å². The van der Waals surface area contributed by atoms with Crippen molar-refractivity contribution >= 4 is 23.3 Å². The van der Waals surface area contributed by atoms with E-state index in [-0.39, 0.29) is 24.2 Å².